The zero-order valence-corrected chi connectivity index (χ0v) is 8.21. The van der Waals surface area contributed by atoms with E-state index in [-0.39, 0.29) is 0 Å². The van der Waals surface area contributed by atoms with Gasteiger partial charge in [0.25, 0.3) is 0 Å². The molecule has 1 nitrogen and oxygen atoms in total. The van der Waals surface area contributed by atoms with Crippen molar-refractivity contribution in [1.82, 2.24) is 4.90 Å². The lowest BCUT2D eigenvalue weighted by atomic mass is 10.1. The Balaban J connectivity index is 2.19. The second-order valence-corrected chi connectivity index (χ2v) is 4.09. The van der Waals surface area contributed by atoms with E-state index in [0.29, 0.717) is 0 Å². The van der Waals surface area contributed by atoms with Gasteiger partial charge in [-0.1, -0.05) is 19.8 Å². The van der Waals surface area contributed by atoms with Gasteiger partial charge >= 0.3 is 0 Å². The number of terminal acetylenes is 1. The van der Waals surface area contributed by atoms with Crippen LogP contribution in [0.5, 0.6) is 0 Å². The summed E-state index contributed by atoms with van der Waals surface area (Å²) in [5.41, 5.74) is 0. The smallest absolute Gasteiger partial charge is 0.0601 e. The Morgan fingerprint density at radius 3 is 2.58 bits per heavy atom. The van der Waals surface area contributed by atoms with Crippen LogP contribution < -0.4 is 0 Å². The lowest BCUT2D eigenvalue weighted by Gasteiger charge is -2.19. The SMILES string of the molecule is C#CCN(CCC(C)C)C1CC1. The minimum Gasteiger partial charge on any atom is -0.289 e. The number of rotatable bonds is 5. The molecule has 0 saturated heterocycles. The van der Waals surface area contributed by atoms with E-state index in [1.807, 2.05) is 0 Å². The maximum absolute atomic E-state index is 5.31. The predicted molar refractivity (Wildman–Crippen MR) is 52.9 cm³/mol. The quantitative estimate of drug-likeness (QED) is 0.564. The van der Waals surface area contributed by atoms with Gasteiger partial charge in [-0.15, -0.1) is 6.42 Å². The topological polar surface area (TPSA) is 3.24 Å². The molecular weight excluding hydrogens is 146 g/mol. The largest absolute Gasteiger partial charge is 0.289 e. The van der Waals surface area contributed by atoms with Crippen molar-refractivity contribution < 1.29 is 0 Å². The van der Waals surface area contributed by atoms with E-state index in [2.05, 4.69) is 24.7 Å². The summed E-state index contributed by atoms with van der Waals surface area (Å²) < 4.78 is 0. The van der Waals surface area contributed by atoms with E-state index in [9.17, 15) is 0 Å². The van der Waals surface area contributed by atoms with Crippen LogP contribution in [0.2, 0.25) is 0 Å². The molecule has 0 aromatic carbocycles. The molecule has 0 aromatic rings. The lowest BCUT2D eigenvalue weighted by molar-refractivity contribution is 0.277. The Hall–Kier alpha value is -0.480. The molecule has 0 atom stereocenters. The molecule has 68 valence electrons. The maximum Gasteiger partial charge on any atom is 0.0601 e. The van der Waals surface area contributed by atoms with E-state index in [1.54, 1.807) is 0 Å². The van der Waals surface area contributed by atoms with Crippen LogP contribution >= 0.6 is 0 Å². The van der Waals surface area contributed by atoms with Crippen molar-refractivity contribution in [2.24, 2.45) is 5.92 Å². The van der Waals surface area contributed by atoms with Gasteiger partial charge in [0, 0.05) is 6.04 Å². The van der Waals surface area contributed by atoms with Crippen LogP contribution in [0.25, 0.3) is 0 Å². The average Bonchev–Trinajstić information content (AvgIpc) is 2.79. The third kappa shape index (κ3) is 3.28. The summed E-state index contributed by atoms with van der Waals surface area (Å²) in [7, 11) is 0. The Bertz CT molecular complexity index is 162. The standard InChI is InChI=1S/C11H19N/c1-4-8-12(11-5-6-11)9-7-10(2)3/h1,10-11H,5-9H2,2-3H3. The molecule has 0 radical (unpaired) electrons. The van der Waals surface area contributed by atoms with Gasteiger partial charge < -0.3 is 0 Å². The Morgan fingerprint density at radius 1 is 1.50 bits per heavy atom. The summed E-state index contributed by atoms with van der Waals surface area (Å²) in [6.07, 6.45) is 9.31. The zero-order valence-electron chi connectivity index (χ0n) is 8.21. The van der Waals surface area contributed by atoms with E-state index in [0.717, 1.165) is 18.5 Å². The lowest BCUT2D eigenvalue weighted by Crippen LogP contribution is -2.28. The first-order valence-corrected chi connectivity index (χ1v) is 4.91. The molecule has 0 heterocycles. The zero-order chi connectivity index (χ0) is 8.97. The Labute approximate surface area is 76.1 Å². The summed E-state index contributed by atoms with van der Waals surface area (Å²) in [5.74, 6) is 3.53. The second-order valence-electron chi connectivity index (χ2n) is 4.09. The third-order valence-electron chi connectivity index (χ3n) is 2.35. The van der Waals surface area contributed by atoms with Crippen LogP contribution in [-0.4, -0.2) is 24.0 Å². The first kappa shape index (κ1) is 9.61. The van der Waals surface area contributed by atoms with Gasteiger partial charge in [-0.2, -0.15) is 0 Å². The first-order valence-electron chi connectivity index (χ1n) is 4.91. The maximum atomic E-state index is 5.31. The molecule has 1 fully saturated rings. The number of nitrogens with zero attached hydrogens (tertiary/aromatic N) is 1. The van der Waals surface area contributed by atoms with Crippen LogP contribution in [-0.2, 0) is 0 Å². The fraction of sp³-hybridized carbons (Fsp3) is 0.818. The van der Waals surface area contributed by atoms with Crippen molar-refractivity contribution in [2.75, 3.05) is 13.1 Å². The molecule has 0 unspecified atom stereocenters. The van der Waals surface area contributed by atoms with E-state index in [4.69, 9.17) is 6.42 Å². The first-order chi connectivity index (χ1) is 5.74. The Kier molecular flexibility index (Phi) is 3.62. The molecular formula is C11H19N. The molecule has 1 rings (SSSR count). The third-order valence-corrected chi connectivity index (χ3v) is 2.35. The highest BCUT2D eigenvalue weighted by molar-refractivity contribution is 4.94. The van der Waals surface area contributed by atoms with E-state index >= 15 is 0 Å². The average molecular weight is 165 g/mol. The number of hydrogen-bond acceptors (Lipinski definition) is 1. The van der Waals surface area contributed by atoms with Crippen molar-refractivity contribution in [3.63, 3.8) is 0 Å². The summed E-state index contributed by atoms with van der Waals surface area (Å²) in [4.78, 5) is 2.44. The van der Waals surface area contributed by atoms with Crippen LogP contribution in [0.15, 0.2) is 0 Å². The molecule has 12 heavy (non-hydrogen) atoms. The number of hydrogen-bond donors (Lipinski definition) is 0. The molecule has 1 saturated carbocycles. The highest BCUT2D eigenvalue weighted by Crippen LogP contribution is 2.26. The van der Waals surface area contributed by atoms with Gasteiger partial charge in [0.15, 0.2) is 0 Å². The van der Waals surface area contributed by atoms with Crippen molar-refractivity contribution in [3.05, 3.63) is 0 Å². The molecule has 0 aromatic heterocycles. The predicted octanol–water partition coefficient (Wildman–Crippen LogP) is 2.13. The molecule has 0 N–H and O–H groups in total. The van der Waals surface area contributed by atoms with Gasteiger partial charge in [-0.25, -0.2) is 0 Å². The van der Waals surface area contributed by atoms with Gasteiger partial charge in [0.2, 0.25) is 0 Å². The van der Waals surface area contributed by atoms with E-state index in [1.165, 1.54) is 25.8 Å². The fourth-order valence-electron chi connectivity index (χ4n) is 1.37. The van der Waals surface area contributed by atoms with Crippen LogP contribution in [0.4, 0.5) is 0 Å². The molecule has 0 bridgehead atoms. The molecule has 1 aliphatic carbocycles. The van der Waals surface area contributed by atoms with Crippen molar-refractivity contribution in [1.29, 1.82) is 0 Å². The van der Waals surface area contributed by atoms with Crippen molar-refractivity contribution >= 4 is 0 Å². The van der Waals surface area contributed by atoms with Gasteiger partial charge in [0.05, 0.1) is 6.54 Å². The normalized spacial score (nSPS) is 16.9. The highest BCUT2D eigenvalue weighted by atomic mass is 15.2. The summed E-state index contributed by atoms with van der Waals surface area (Å²) in [6.45, 7) is 6.56. The van der Waals surface area contributed by atoms with Crippen molar-refractivity contribution in [3.8, 4) is 12.3 Å². The second kappa shape index (κ2) is 4.52. The minimum atomic E-state index is 0.795. The van der Waals surface area contributed by atoms with Crippen molar-refractivity contribution in [2.45, 2.75) is 39.2 Å². The minimum absolute atomic E-state index is 0.795. The monoisotopic (exact) mass is 165 g/mol. The summed E-state index contributed by atoms with van der Waals surface area (Å²) in [6, 6.07) is 0.819. The summed E-state index contributed by atoms with van der Waals surface area (Å²) in [5, 5.41) is 0. The Morgan fingerprint density at radius 2 is 2.17 bits per heavy atom. The fourth-order valence-corrected chi connectivity index (χ4v) is 1.37. The molecule has 1 heteroatoms. The van der Waals surface area contributed by atoms with Crippen LogP contribution in [0, 0.1) is 18.3 Å². The molecule has 0 spiro atoms. The van der Waals surface area contributed by atoms with E-state index < -0.39 is 0 Å². The van der Waals surface area contributed by atoms with Crippen LogP contribution in [0.1, 0.15) is 33.1 Å². The van der Waals surface area contributed by atoms with Crippen LogP contribution in [0.3, 0.4) is 0 Å². The van der Waals surface area contributed by atoms with Gasteiger partial charge in [0.1, 0.15) is 0 Å². The molecule has 1 aliphatic rings. The molecule has 0 amide bonds. The van der Waals surface area contributed by atoms with Gasteiger partial charge in [-0.3, -0.25) is 4.90 Å². The highest BCUT2D eigenvalue weighted by Gasteiger charge is 2.27. The summed E-state index contributed by atoms with van der Waals surface area (Å²) >= 11 is 0. The molecule has 0 aliphatic heterocycles. The van der Waals surface area contributed by atoms with Gasteiger partial charge in [-0.05, 0) is 31.7 Å².